The van der Waals surface area contributed by atoms with E-state index in [9.17, 15) is 0 Å². The number of hydrogen-bond donors (Lipinski definition) is 1. The zero-order chi connectivity index (χ0) is 13.8. The maximum Gasteiger partial charge on any atom is 0.0202 e. The Morgan fingerprint density at radius 1 is 1.28 bits per heavy atom. The van der Waals surface area contributed by atoms with Crippen molar-refractivity contribution >= 4 is 0 Å². The first kappa shape index (κ1) is 15.7. The Hall–Kier alpha value is -0.340. The van der Waals surface area contributed by atoms with E-state index in [0.717, 1.165) is 24.9 Å². The molecule has 1 rings (SSSR count). The average molecular weight is 252 g/mol. The maximum absolute atomic E-state index is 4.20. The molecule has 106 valence electrons. The topological polar surface area (TPSA) is 15.3 Å². The molecule has 18 heavy (non-hydrogen) atoms. The highest BCUT2D eigenvalue weighted by molar-refractivity contribution is 5.01. The summed E-state index contributed by atoms with van der Waals surface area (Å²) in [6, 6.07) is 0. The van der Waals surface area contributed by atoms with Crippen LogP contribution in [0, 0.1) is 11.8 Å². The molecule has 1 fully saturated rings. The number of rotatable bonds is 5. The summed E-state index contributed by atoms with van der Waals surface area (Å²) in [7, 11) is 0. The summed E-state index contributed by atoms with van der Waals surface area (Å²) in [5, 5.41) is 3.51. The van der Waals surface area contributed by atoms with E-state index in [1.165, 1.54) is 31.5 Å². The minimum absolute atomic E-state index is 0.188. The Bertz CT molecular complexity index is 255. The van der Waals surface area contributed by atoms with Crippen LogP contribution in [0.4, 0.5) is 0 Å². The van der Waals surface area contributed by atoms with Gasteiger partial charge in [-0.1, -0.05) is 20.4 Å². The molecule has 2 nitrogen and oxygen atoms in total. The highest BCUT2D eigenvalue weighted by atomic mass is 15.1. The number of likely N-dealkylation sites (tertiary alicyclic amines) is 1. The van der Waals surface area contributed by atoms with E-state index in [-0.39, 0.29) is 5.54 Å². The molecule has 0 atom stereocenters. The van der Waals surface area contributed by atoms with E-state index >= 15 is 0 Å². The first-order chi connectivity index (χ1) is 8.28. The SMILES string of the molecule is C=C(CNC(C)(C)C)CN1CCC(C(C)C)CC1. The van der Waals surface area contributed by atoms with Gasteiger partial charge in [-0.15, -0.1) is 0 Å². The van der Waals surface area contributed by atoms with Gasteiger partial charge < -0.3 is 5.32 Å². The van der Waals surface area contributed by atoms with E-state index in [4.69, 9.17) is 0 Å². The second-order valence-electron chi connectivity index (χ2n) is 7.21. The first-order valence-corrected chi connectivity index (χ1v) is 7.42. The Morgan fingerprint density at radius 2 is 1.83 bits per heavy atom. The molecular weight excluding hydrogens is 220 g/mol. The summed E-state index contributed by atoms with van der Waals surface area (Å²) >= 11 is 0. The molecule has 2 heteroatoms. The number of piperidine rings is 1. The van der Waals surface area contributed by atoms with Gasteiger partial charge in [0.2, 0.25) is 0 Å². The summed E-state index contributed by atoms with van der Waals surface area (Å²) in [6.07, 6.45) is 2.72. The van der Waals surface area contributed by atoms with Gasteiger partial charge in [0.25, 0.3) is 0 Å². The first-order valence-electron chi connectivity index (χ1n) is 7.42. The molecule has 0 bridgehead atoms. The van der Waals surface area contributed by atoms with Gasteiger partial charge in [0.1, 0.15) is 0 Å². The van der Waals surface area contributed by atoms with Crippen LogP contribution in [0.3, 0.4) is 0 Å². The normalized spacial score (nSPS) is 19.4. The average Bonchev–Trinajstić information content (AvgIpc) is 2.26. The fourth-order valence-electron chi connectivity index (χ4n) is 2.54. The molecule has 0 spiro atoms. The van der Waals surface area contributed by atoms with Crippen LogP contribution < -0.4 is 5.32 Å². The van der Waals surface area contributed by atoms with Crippen molar-refractivity contribution in [2.24, 2.45) is 11.8 Å². The van der Waals surface area contributed by atoms with Gasteiger partial charge in [0.15, 0.2) is 0 Å². The lowest BCUT2D eigenvalue weighted by Gasteiger charge is -2.34. The van der Waals surface area contributed by atoms with Gasteiger partial charge in [-0.3, -0.25) is 4.90 Å². The van der Waals surface area contributed by atoms with Crippen molar-refractivity contribution in [2.75, 3.05) is 26.2 Å². The molecule has 0 radical (unpaired) electrons. The van der Waals surface area contributed by atoms with Crippen LogP contribution in [0.1, 0.15) is 47.5 Å². The predicted molar refractivity (Wildman–Crippen MR) is 80.9 cm³/mol. The Kier molecular flexibility index (Phi) is 5.87. The molecule has 1 N–H and O–H groups in total. The van der Waals surface area contributed by atoms with Crippen LogP contribution in [-0.4, -0.2) is 36.6 Å². The minimum Gasteiger partial charge on any atom is -0.308 e. The lowest BCUT2D eigenvalue weighted by Crippen LogP contribution is -2.40. The van der Waals surface area contributed by atoms with Gasteiger partial charge in [0, 0.05) is 18.6 Å². The lowest BCUT2D eigenvalue weighted by atomic mass is 9.86. The van der Waals surface area contributed by atoms with E-state index in [1.807, 2.05) is 0 Å². The highest BCUT2D eigenvalue weighted by Crippen LogP contribution is 2.24. The number of nitrogens with zero attached hydrogens (tertiary/aromatic N) is 1. The van der Waals surface area contributed by atoms with Crippen LogP contribution in [0.25, 0.3) is 0 Å². The summed E-state index contributed by atoms with van der Waals surface area (Å²) in [4.78, 5) is 2.56. The van der Waals surface area contributed by atoms with E-state index in [0.29, 0.717) is 0 Å². The summed E-state index contributed by atoms with van der Waals surface area (Å²) in [5.41, 5.74) is 1.50. The summed E-state index contributed by atoms with van der Waals surface area (Å²) in [5.74, 6) is 1.78. The molecule has 0 aromatic carbocycles. The standard InChI is InChI=1S/C16H32N2/c1-13(2)15-7-9-18(10-8-15)12-14(3)11-17-16(4,5)6/h13,15,17H,3,7-12H2,1-2,4-6H3. The second kappa shape index (κ2) is 6.72. The quantitative estimate of drug-likeness (QED) is 0.755. The second-order valence-corrected chi connectivity index (χ2v) is 7.21. The molecule has 0 aromatic rings. The molecule has 0 aromatic heterocycles. The maximum atomic E-state index is 4.20. The third-order valence-electron chi connectivity index (χ3n) is 3.89. The molecule has 1 saturated heterocycles. The van der Waals surface area contributed by atoms with E-state index < -0.39 is 0 Å². The molecular formula is C16H32N2. The fourth-order valence-corrected chi connectivity index (χ4v) is 2.54. The van der Waals surface area contributed by atoms with E-state index in [1.54, 1.807) is 0 Å². The van der Waals surface area contributed by atoms with Crippen molar-refractivity contribution < 1.29 is 0 Å². The zero-order valence-electron chi connectivity index (χ0n) is 13.1. The van der Waals surface area contributed by atoms with Crippen LogP contribution >= 0.6 is 0 Å². The van der Waals surface area contributed by atoms with Crippen molar-refractivity contribution in [2.45, 2.75) is 53.0 Å². The molecule has 1 heterocycles. The molecule has 0 aliphatic carbocycles. The Balaban J connectivity index is 2.22. The van der Waals surface area contributed by atoms with Crippen LogP contribution in [0.15, 0.2) is 12.2 Å². The van der Waals surface area contributed by atoms with Crippen LogP contribution in [-0.2, 0) is 0 Å². The van der Waals surface area contributed by atoms with Crippen LogP contribution in [0.2, 0.25) is 0 Å². The third-order valence-corrected chi connectivity index (χ3v) is 3.89. The highest BCUT2D eigenvalue weighted by Gasteiger charge is 2.21. The molecule has 1 aliphatic rings. The summed E-state index contributed by atoms with van der Waals surface area (Å²) in [6.45, 7) is 20.0. The predicted octanol–water partition coefficient (Wildman–Crippen LogP) is 3.30. The van der Waals surface area contributed by atoms with Crippen molar-refractivity contribution in [3.63, 3.8) is 0 Å². The lowest BCUT2D eigenvalue weighted by molar-refractivity contribution is 0.167. The van der Waals surface area contributed by atoms with Crippen molar-refractivity contribution in [3.8, 4) is 0 Å². The molecule has 0 unspecified atom stereocenters. The minimum atomic E-state index is 0.188. The van der Waals surface area contributed by atoms with Gasteiger partial charge in [0.05, 0.1) is 0 Å². The largest absolute Gasteiger partial charge is 0.308 e. The number of nitrogens with one attached hydrogen (secondary N) is 1. The molecule has 0 amide bonds. The van der Waals surface area contributed by atoms with E-state index in [2.05, 4.69) is 51.4 Å². The Labute approximate surface area is 114 Å². The van der Waals surface area contributed by atoms with Gasteiger partial charge in [-0.25, -0.2) is 0 Å². The zero-order valence-corrected chi connectivity index (χ0v) is 13.1. The summed E-state index contributed by atoms with van der Waals surface area (Å²) < 4.78 is 0. The van der Waals surface area contributed by atoms with Gasteiger partial charge >= 0.3 is 0 Å². The van der Waals surface area contributed by atoms with Crippen molar-refractivity contribution in [1.29, 1.82) is 0 Å². The molecule has 0 saturated carbocycles. The van der Waals surface area contributed by atoms with Gasteiger partial charge in [-0.2, -0.15) is 0 Å². The van der Waals surface area contributed by atoms with Gasteiger partial charge in [-0.05, 0) is 64.1 Å². The monoisotopic (exact) mass is 252 g/mol. The van der Waals surface area contributed by atoms with Crippen molar-refractivity contribution in [1.82, 2.24) is 10.2 Å². The molecule has 1 aliphatic heterocycles. The number of hydrogen-bond acceptors (Lipinski definition) is 2. The third kappa shape index (κ3) is 6.01. The smallest absolute Gasteiger partial charge is 0.0202 e. The van der Waals surface area contributed by atoms with Crippen molar-refractivity contribution in [3.05, 3.63) is 12.2 Å². The van der Waals surface area contributed by atoms with Crippen LogP contribution in [0.5, 0.6) is 0 Å². The fraction of sp³-hybridized carbons (Fsp3) is 0.875. The Morgan fingerprint density at radius 3 is 2.28 bits per heavy atom.